The standard InChI is InChI=1S/C14H22N4O2/c1-4-5-10-6-9(7-11(15)17-10)14(20)18-12(8(2)3)13(16)19/h6-8,12H,4-5H2,1-3H3,(H2,15,17)(H2,16,19)(H,18,20). The van der Waals surface area contributed by atoms with Crippen molar-refractivity contribution < 1.29 is 9.59 Å². The molecule has 0 aliphatic rings. The lowest BCUT2D eigenvalue weighted by Crippen LogP contribution is -2.47. The predicted octanol–water partition coefficient (Wildman–Crippen LogP) is 0.856. The predicted molar refractivity (Wildman–Crippen MR) is 77.9 cm³/mol. The average Bonchev–Trinajstić information content (AvgIpc) is 2.34. The number of primary amides is 1. The van der Waals surface area contributed by atoms with Crippen LogP contribution in [0.3, 0.4) is 0 Å². The Morgan fingerprint density at radius 3 is 2.50 bits per heavy atom. The van der Waals surface area contributed by atoms with Crippen LogP contribution >= 0.6 is 0 Å². The third-order valence-corrected chi connectivity index (χ3v) is 2.93. The third-order valence-electron chi connectivity index (χ3n) is 2.93. The number of hydrogen-bond acceptors (Lipinski definition) is 4. The van der Waals surface area contributed by atoms with Gasteiger partial charge in [-0.2, -0.15) is 0 Å². The number of nitrogens with one attached hydrogen (secondary N) is 1. The molecule has 0 aliphatic heterocycles. The molecule has 1 heterocycles. The number of aryl methyl sites for hydroxylation is 1. The average molecular weight is 278 g/mol. The molecule has 6 heteroatoms. The van der Waals surface area contributed by atoms with Crippen LogP contribution in [0.4, 0.5) is 5.82 Å². The molecule has 1 rings (SSSR count). The Labute approximate surface area is 118 Å². The number of carbonyl (C=O) groups is 2. The van der Waals surface area contributed by atoms with Gasteiger partial charge in [0, 0.05) is 11.3 Å². The number of rotatable bonds is 6. The highest BCUT2D eigenvalue weighted by atomic mass is 16.2. The second kappa shape index (κ2) is 6.88. The number of anilines is 1. The summed E-state index contributed by atoms with van der Waals surface area (Å²) in [5.74, 6) is -0.704. The Hall–Kier alpha value is -2.11. The Bertz CT molecular complexity index is 500. The first-order valence-electron chi connectivity index (χ1n) is 6.71. The molecular weight excluding hydrogens is 256 g/mol. The van der Waals surface area contributed by atoms with Crippen LogP contribution in [0.5, 0.6) is 0 Å². The van der Waals surface area contributed by atoms with E-state index < -0.39 is 11.9 Å². The maximum Gasteiger partial charge on any atom is 0.252 e. The Balaban J connectivity index is 2.94. The maximum atomic E-state index is 12.2. The van der Waals surface area contributed by atoms with Gasteiger partial charge in [-0.25, -0.2) is 4.98 Å². The summed E-state index contributed by atoms with van der Waals surface area (Å²) in [7, 11) is 0. The summed E-state index contributed by atoms with van der Waals surface area (Å²) < 4.78 is 0. The van der Waals surface area contributed by atoms with Gasteiger partial charge in [0.05, 0.1) is 0 Å². The molecule has 0 fully saturated rings. The molecule has 1 aromatic heterocycles. The van der Waals surface area contributed by atoms with Crippen molar-refractivity contribution in [3.63, 3.8) is 0 Å². The zero-order valence-electron chi connectivity index (χ0n) is 12.1. The number of nitrogen functional groups attached to an aromatic ring is 1. The first kappa shape index (κ1) is 15.9. The van der Waals surface area contributed by atoms with Gasteiger partial charge in [-0.05, 0) is 24.5 Å². The van der Waals surface area contributed by atoms with Gasteiger partial charge in [-0.3, -0.25) is 9.59 Å². The van der Waals surface area contributed by atoms with E-state index in [1.54, 1.807) is 6.07 Å². The van der Waals surface area contributed by atoms with E-state index in [2.05, 4.69) is 10.3 Å². The van der Waals surface area contributed by atoms with Gasteiger partial charge in [0.1, 0.15) is 11.9 Å². The van der Waals surface area contributed by atoms with Crippen molar-refractivity contribution >= 4 is 17.6 Å². The van der Waals surface area contributed by atoms with Crippen molar-refractivity contribution in [3.8, 4) is 0 Å². The lowest BCUT2D eigenvalue weighted by molar-refractivity contribution is -0.120. The number of nitrogens with two attached hydrogens (primary N) is 2. The van der Waals surface area contributed by atoms with Gasteiger partial charge in [0.25, 0.3) is 5.91 Å². The molecule has 20 heavy (non-hydrogen) atoms. The van der Waals surface area contributed by atoms with Crippen LogP contribution in [0, 0.1) is 5.92 Å². The fourth-order valence-corrected chi connectivity index (χ4v) is 1.92. The van der Waals surface area contributed by atoms with Crippen LogP contribution in [-0.2, 0) is 11.2 Å². The Morgan fingerprint density at radius 1 is 1.35 bits per heavy atom. The number of nitrogens with zero attached hydrogens (tertiary/aromatic N) is 1. The second-order valence-corrected chi connectivity index (χ2v) is 5.12. The van der Waals surface area contributed by atoms with Gasteiger partial charge >= 0.3 is 0 Å². The monoisotopic (exact) mass is 278 g/mol. The van der Waals surface area contributed by atoms with E-state index in [0.29, 0.717) is 11.4 Å². The van der Waals surface area contributed by atoms with Gasteiger partial charge < -0.3 is 16.8 Å². The molecule has 110 valence electrons. The van der Waals surface area contributed by atoms with Crippen molar-refractivity contribution in [2.45, 2.75) is 39.7 Å². The van der Waals surface area contributed by atoms with E-state index in [1.165, 1.54) is 6.07 Å². The first-order chi connectivity index (χ1) is 9.35. The van der Waals surface area contributed by atoms with Crippen molar-refractivity contribution in [1.82, 2.24) is 10.3 Å². The van der Waals surface area contributed by atoms with Gasteiger partial charge in [-0.15, -0.1) is 0 Å². The highest BCUT2D eigenvalue weighted by Gasteiger charge is 2.22. The lowest BCUT2D eigenvalue weighted by atomic mass is 10.0. The fourth-order valence-electron chi connectivity index (χ4n) is 1.92. The van der Waals surface area contributed by atoms with E-state index in [9.17, 15) is 9.59 Å². The molecule has 2 amide bonds. The molecule has 0 bridgehead atoms. The Kier molecular flexibility index (Phi) is 5.49. The van der Waals surface area contributed by atoms with Crippen molar-refractivity contribution in [2.24, 2.45) is 11.7 Å². The van der Waals surface area contributed by atoms with Crippen molar-refractivity contribution in [2.75, 3.05) is 5.73 Å². The normalized spacial score (nSPS) is 12.2. The fraction of sp³-hybridized carbons (Fsp3) is 0.500. The molecule has 5 N–H and O–H groups in total. The molecule has 0 aliphatic carbocycles. The summed E-state index contributed by atoms with van der Waals surface area (Å²) in [4.78, 5) is 27.6. The molecule has 0 spiro atoms. The molecule has 1 atom stereocenters. The molecule has 1 aromatic rings. The van der Waals surface area contributed by atoms with E-state index in [4.69, 9.17) is 11.5 Å². The summed E-state index contributed by atoms with van der Waals surface area (Å²) in [6, 6.07) is 2.48. The topological polar surface area (TPSA) is 111 Å². The third kappa shape index (κ3) is 4.22. The minimum Gasteiger partial charge on any atom is -0.384 e. The number of aromatic nitrogens is 1. The number of carbonyl (C=O) groups excluding carboxylic acids is 2. The number of hydrogen-bond donors (Lipinski definition) is 3. The minimum absolute atomic E-state index is 0.0780. The zero-order valence-corrected chi connectivity index (χ0v) is 12.1. The SMILES string of the molecule is CCCc1cc(C(=O)NC(C(N)=O)C(C)C)cc(N)n1. The summed E-state index contributed by atoms with van der Waals surface area (Å²) in [5.41, 5.74) is 12.1. The molecule has 0 radical (unpaired) electrons. The zero-order chi connectivity index (χ0) is 15.3. The number of pyridine rings is 1. The van der Waals surface area contributed by atoms with Crippen LogP contribution in [0.15, 0.2) is 12.1 Å². The highest BCUT2D eigenvalue weighted by molar-refractivity contribution is 5.97. The maximum absolute atomic E-state index is 12.2. The van der Waals surface area contributed by atoms with Gasteiger partial charge in [0.15, 0.2) is 0 Å². The van der Waals surface area contributed by atoms with Crippen LogP contribution < -0.4 is 16.8 Å². The second-order valence-electron chi connectivity index (χ2n) is 5.12. The lowest BCUT2D eigenvalue weighted by Gasteiger charge is -2.19. The van der Waals surface area contributed by atoms with Crippen LogP contribution in [0.25, 0.3) is 0 Å². The molecule has 0 aromatic carbocycles. The van der Waals surface area contributed by atoms with Crippen molar-refractivity contribution in [3.05, 3.63) is 23.4 Å². The molecule has 1 unspecified atom stereocenters. The van der Waals surface area contributed by atoms with Crippen molar-refractivity contribution in [1.29, 1.82) is 0 Å². The molecule has 0 saturated heterocycles. The van der Waals surface area contributed by atoms with E-state index in [0.717, 1.165) is 18.5 Å². The Morgan fingerprint density at radius 2 is 2.00 bits per heavy atom. The smallest absolute Gasteiger partial charge is 0.252 e. The number of amides is 2. The quantitative estimate of drug-likeness (QED) is 0.716. The van der Waals surface area contributed by atoms with Crippen LogP contribution in [0.2, 0.25) is 0 Å². The van der Waals surface area contributed by atoms with Crippen LogP contribution in [0.1, 0.15) is 43.2 Å². The van der Waals surface area contributed by atoms with E-state index >= 15 is 0 Å². The van der Waals surface area contributed by atoms with E-state index in [-0.39, 0.29) is 11.8 Å². The first-order valence-corrected chi connectivity index (χ1v) is 6.71. The van der Waals surface area contributed by atoms with Gasteiger partial charge in [-0.1, -0.05) is 27.2 Å². The van der Waals surface area contributed by atoms with Crippen LogP contribution in [-0.4, -0.2) is 22.8 Å². The summed E-state index contributed by atoms with van der Waals surface area (Å²) in [5, 5.41) is 2.63. The van der Waals surface area contributed by atoms with E-state index in [1.807, 2.05) is 20.8 Å². The summed E-state index contributed by atoms with van der Waals surface area (Å²) >= 11 is 0. The summed E-state index contributed by atoms with van der Waals surface area (Å²) in [6.07, 6.45) is 1.65. The summed E-state index contributed by atoms with van der Waals surface area (Å²) in [6.45, 7) is 5.66. The highest BCUT2D eigenvalue weighted by Crippen LogP contribution is 2.11. The largest absolute Gasteiger partial charge is 0.384 e. The molecule has 0 saturated carbocycles. The molecule has 6 nitrogen and oxygen atoms in total. The minimum atomic E-state index is -0.702. The molecular formula is C14H22N4O2. The van der Waals surface area contributed by atoms with Gasteiger partial charge in [0.2, 0.25) is 5.91 Å².